The summed E-state index contributed by atoms with van der Waals surface area (Å²) in [7, 11) is 0. The average Bonchev–Trinajstić information content (AvgIpc) is 3.06. The van der Waals surface area contributed by atoms with E-state index in [1.807, 2.05) is 6.92 Å². The van der Waals surface area contributed by atoms with Gasteiger partial charge < -0.3 is 15.0 Å². The van der Waals surface area contributed by atoms with Crippen molar-refractivity contribution in [2.75, 3.05) is 19.7 Å². The van der Waals surface area contributed by atoms with E-state index in [0.29, 0.717) is 17.8 Å². The highest BCUT2D eigenvalue weighted by molar-refractivity contribution is 5.01. The minimum absolute atomic E-state index is 0.0172. The normalized spacial score (nSPS) is 30.1. The molecule has 6 nitrogen and oxygen atoms in total. The van der Waals surface area contributed by atoms with Gasteiger partial charge in [0.2, 0.25) is 11.7 Å². The number of nitrogens with zero attached hydrogens (tertiary/aromatic N) is 3. The second-order valence-electron chi connectivity index (χ2n) is 5.98. The minimum atomic E-state index is -0.0626. The Hall–Kier alpha value is -0.980. The van der Waals surface area contributed by atoms with E-state index >= 15 is 0 Å². The fourth-order valence-corrected chi connectivity index (χ4v) is 3.27. The second kappa shape index (κ2) is 5.79. The van der Waals surface area contributed by atoms with Gasteiger partial charge in [-0.15, -0.1) is 0 Å². The van der Waals surface area contributed by atoms with E-state index in [0.717, 1.165) is 26.1 Å². The Bertz CT molecular complexity index is 448. The molecule has 3 rings (SSSR count). The summed E-state index contributed by atoms with van der Waals surface area (Å²) in [4.78, 5) is 7.01. The molecule has 3 heterocycles. The van der Waals surface area contributed by atoms with Crippen LogP contribution < -0.4 is 5.73 Å². The van der Waals surface area contributed by atoms with Crippen LogP contribution in [0.2, 0.25) is 0 Å². The van der Waals surface area contributed by atoms with Crippen LogP contribution in [-0.2, 0) is 4.74 Å². The lowest BCUT2D eigenvalue weighted by atomic mass is 9.99. The van der Waals surface area contributed by atoms with Gasteiger partial charge in [0.25, 0.3) is 0 Å². The molecule has 0 aromatic carbocycles. The summed E-state index contributed by atoms with van der Waals surface area (Å²) in [6.45, 7) is 6.87. The molecule has 4 atom stereocenters. The fourth-order valence-electron chi connectivity index (χ4n) is 3.27. The maximum Gasteiger partial charge on any atom is 0.231 e. The summed E-state index contributed by atoms with van der Waals surface area (Å²) in [6, 6.07) is 0.605. The molecule has 1 aromatic heterocycles. The van der Waals surface area contributed by atoms with Crippen LogP contribution in [0.25, 0.3) is 0 Å². The van der Waals surface area contributed by atoms with E-state index < -0.39 is 0 Å². The van der Waals surface area contributed by atoms with Gasteiger partial charge in [-0.25, -0.2) is 0 Å². The Kier molecular flexibility index (Phi) is 4.05. The van der Waals surface area contributed by atoms with Crippen LogP contribution >= 0.6 is 0 Å². The first-order valence-corrected chi connectivity index (χ1v) is 7.63. The zero-order chi connectivity index (χ0) is 14.1. The minimum Gasteiger partial charge on any atom is -0.367 e. The van der Waals surface area contributed by atoms with E-state index in [2.05, 4.69) is 22.0 Å². The number of aromatic nitrogens is 2. The third-order valence-electron chi connectivity index (χ3n) is 4.53. The number of hydrogen-bond acceptors (Lipinski definition) is 6. The summed E-state index contributed by atoms with van der Waals surface area (Å²) in [6.07, 6.45) is 3.35. The first-order chi connectivity index (χ1) is 9.69. The molecule has 0 saturated carbocycles. The van der Waals surface area contributed by atoms with Crippen LogP contribution in [0.5, 0.6) is 0 Å². The van der Waals surface area contributed by atoms with E-state index in [4.69, 9.17) is 15.0 Å². The van der Waals surface area contributed by atoms with Gasteiger partial charge in [-0.3, -0.25) is 4.90 Å². The summed E-state index contributed by atoms with van der Waals surface area (Å²) in [5, 5.41) is 4.11. The Morgan fingerprint density at radius 1 is 1.50 bits per heavy atom. The molecule has 0 amide bonds. The number of hydrogen-bond donors (Lipinski definition) is 1. The quantitative estimate of drug-likeness (QED) is 0.899. The smallest absolute Gasteiger partial charge is 0.231 e. The van der Waals surface area contributed by atoms with Gasteiger partial charge in [-0.2, -0.15) is 4.98 Å². The predicted octanol–water partition coefficient (Wildman–Crippen LogP) is 1.45. The van der Waals surface area contributed by atoms with E-state index in [9.17, 15) is 0 Å². The molecule has 4 unspecified atom stereocenters. The van der Waals surface area contributed by atoms with Crippen LogP contribution in [0, 0.1) is 0 Å². The topological polar surface area (TPSA) is 77.4 Å². The first-order valence-electron chi connectivity index (χ1n) is 7.63. The van der Waals surface area contributed by atoms with Crippen molar-refractivity contribution in [3.05, 3.63) is 11.7 Å². The molecule has 20 heavy (non-hydrogen) atoms. The molecule has 2 N–H and O–H groups in total. The Labute approximate surface area is 119 Å². The molecule has 2 fully saturated rings. The van der Waals surface area contributed by atoms with Gasteiger partial charge in [-0.1, -0.05) is 12.1 Å². The molecule has 0 aliphatic carbocycles. The predicted molar refractivity (Wildman–Crippen MR) is 74.3 cm³/mol. The van der Waals surface area contributed by atoms with Crippen molar-refractivity contribution in [1.29, 1.82) is 0 Å². The van der Waals surface area contributed by atoms with Crippen molar-refractivity contribution in [2.45, 2.75) is 57.2 Å². The Balaban J connectivity index is 1.70. The summed E-state index contributed by atoms with van der Waals surface area (Å²) in [5.74, 6) is 1.44. The number of morpholine rings is 1. The number of rotatable bonds is 4. The summed E-state index contributed by atoms with van der Waals surface area (Å²) >= 11 is 0. The molecule has 0 spiro atoms. The lowest BCUT2D eigenvalue weighted by Gasteiger charge is -2.33. The zero-order valence-electron chi connectivity index (χ0n) is 12.3. The molecule has 112 valence electrons. The van der Waals surface area contributed by atoms with Crippen molar-refractivity contribution in [3.8, 4) is 0 Å². The highest BCUT2D eigenvalue weighted by Crippen LogP contribution is 2.30. The Morgan fingerprint density at radius 3 is 3.10 bits per heavy atom. The first kappa shape index (κ1) is 14.0. The third-order valence-corrected chi connectivity index (χ3v) is 4.53. The Morgan fingerprint density at radius 2 is 2.35 bits per heavy atom. The maximum atomic E-state index is 5.97. The summed E-state index contributed by atoms with van der Waals surface area (Å²) < 4.78 is 11.3. The number of fused-ring (bicyclic) bond motifs is 1. The molecule has 2 saturated heterocycles. The van der Waals surface area contributed by atoms with Crippen molar-refractivity contribution in [1.82, 2.24) is 15.0 Å². The highest BCUT2D eigenvalue weighted by atomic mass is 16.5. The molecular weight excluding hydrogens is 256 g/mol. The van der Waals surface area contributed by atoms with Gasteiger partial charge in [-0.05, 0) is 32.7 Å². The van der Waals surface area contributed by atoms with Gasteiger partial charge in [0.15, 0.2) is 0 Å². The molecule has 0 radical (unpaired) electrons. The molecule has 0 bridgehead atoms. The lowest BCUT2D eigenvalue weighted by Crippen LogP contribution is -2.42. The molecule has 6 heteroatoms. The zero-order valence-corrected chi connectivity index (χ0v) is 12.3. The average molecular weight is 280 g/mol. The number of ether oxygens (including phenoxy) is 1. The van der Waals surface area contributed by atoms with E-state index in [-0.39, 0.29) is 18.1 Å². The molecular formula is C14H24N4O2. The number of nitrogens with two attached hydrogens (primary N) is 1. The SMILES string of the molecule is CCC(c1nc(C2CN3CCCC3CO2)no1)C(C)N. The monoisotopic (exact) mass is 280 g/mol. The second-order valence-corrected chi connectivity index (χ2v) is 5.98. The van der Waals surface area contributed by atoms with Crippen LogP contribution in [0.3, 0.4) is 0 Å². The fraction of sp³-hybridized carbons (Fsp3) is 0.857. The van der Waals surface area contributed by atoms with Gasteiger partial charge in [0.1, 0.15) is 6.10 Å². The van der Waals surface area contributed by atoms with Gasteiger partial charge in [0, 0.05) is 18.6 Å². The van der Waals surface area contributed by atoms with Gasteiger partial charge in [0.05, 0.1) is 12.5 Å². The van der Waals surface area contributed by atoms with Crippen LogP contribution in [0.1, 0.15) is 56.8 Å². The molecule has 2 aliphatic rings. The molecule has 1 aromatic rings. The van der Waals surface area contributed by atoms with Crippen molar-refractivity contribution in [2.24, 2.45) is 5.73 Å². The largest absolute Gasteiger partial charge is 0.367 e. The lowest BCUT2D eigenvalue weighted by molar-refractivity contribution is -0.0548. The van der Waals surface area contributed by atoms with Crippen molar-refractivity contribution in [3.63, 3.8) is 0 Å². The third kappa shape index (κ3) is 2.60. The standard InChI is InChI=1S/C14H24N4O2/c1-3-11(9(2)15)14-16-13(17-20-14)12-7-18-6-4-5-10(18)8-19-12/h9-12H,3-8,15H2,1-2H3. The van der Waals surface area contributed by atoms with Crippen molar-refractivity contribution < 1.29 is 9.26 Å². The van der Waals surface area contributed by atoms with Crippen molar-refractivity contribution >= 4 is 0 Å². The van der Waals surface area contributed by atoms with Crippen LogP contribution in [-0.4, -0.2) is 46.8 Å². The van der Waals surface area contributed by atoms with Crippen LogP contribution in [0.4, 0.5) is 0 Å². The maximum absolute atomic E-state index is 5.97. The molecule has 2 aliphatic heterocycles. The van der Waals surface area contributed by atoms with Gasteiger partial charge >= 0.3 is 0 Å². The van der Waals surface area contributed by atoms with Crippen LogP contribution in [0.15, 0.2) is 4.52 Å². The van der Waals surface area contributed by atoms with E-state index in [1.165, 1.54) is 12.8 Å². The van der Waals surface area contributed by atoms with E-state index in [1.54, 1.807) is 0 Å². The summed E-state index contributed by atoms with van der Waals surface area (Å²) in [5.41, 5.74) is 5.97. The highest BCUT2D eigenvalue weighted by Gasteiger charge is 2.35.